The van der Waals surface area contributed by atoms with Gasteiger partial charge in [-0.2, -0.15) is 13.2 Å². The first-order chi connectivity index (χ1) is 15.9. The van der Waals surface area contributed by atoms with E-state index in [4.69, 9.17) is 4.98 Å². The minimum absolute atomic E-state index is 0.0184. The normalized spacial score (nSPS) is 13.9. The number of rotatable bonds is 2. The minimum atomic E-state index is -4.41. The summed E-state index contributed by atoms with van der Waals surface area (Å²) in [4.78, 5) is 5.28. The van der Waals surface area contributed by atoms with Gasteiger partial charge in [0.2, 0.25) is 0 Å². The number of hydrogen-bond acceptors (Lipinski definition) is 2. The number of hydrogen-bond donors (Lipinski definition) is 0. The van der Waals surface area contributed by atoms with E-state index in [0.717, 1.165) is 33.5 Å². The quantitative estimate of drug-likeness (QED) is 0.353. The zero-order valence-electron chi connectivity index (χ0n) is 21.6. The van der Waals surface area contributed by atoms with Crippen LogP contribution in [0.15, 0.2) is 36.7 Å². The molecule has 4 rings (SSSR count). The van der Waals surface area contributed by atoms with Gasteiger partial charge in [-0.3, -0.25) is 9.47 Å². The van der Waals surface area contributed by atoms with Crippen molar-refractivity contribution < 1.29 is 13.2 Å². The van der Waals surface area contributed by atoms with E-state index in [1.165, 1.54) is 5.56 Å². The molecule has 1 aliphatic rings. The molecule has 2 heterocycles. The molecule has 2 aromatic carbocycles. The summed E-state index contributed by atoms with van der Waals surface area (Å²) in [5, 5.41) is 0. The molecule has 0 bridgehead atoms. The molecule has 0 amide bonds. The maximum atomic E-state index is 13.8. The van der Waals surface area contributed by atoms with Gasteiger partial charge >= 0.3 is 6.30 Å². The van der Waals surface area contributed by atoms with E-state index in [1.54, 1.807) is 12.3 Å². The molecule has 0 saturated carbocycles. The average Bonchev–Trinajstić information content (AvgIpc) is 3.20. The molecule has 1 aliphatic heterocycles. The predicted octanol–water partition coefficient (Wildman–Crippen LogP) is 8.06. The van der Waals surface area contributed by atoms with Gasteiger partial charge in [0.25, 0.3) is 0 Å². The van der Waals surface area contributed by atoms with Crippen LogP contribution in [0.5, 0.6) is 0 Å². The highest BCUT2D eigenvalue weighted by Crippen LogP contribution is 2.45. The Kier molecular flexibility index (Phi) is 7.20. The van der Waals surface area contributed by atoms with Crippen molar-refractivity contribution in [1.82, 2.24) is 9.55 Å². The van der Waals surface area contributed by atoms with Crippen molar-refractivity contribution in [1.29, 1.82) is 0 Å². The zero-order chi connectivity index (χ0) is 25.4. The van der Waals surface area contributed by atoms with Crippen molar-refractivity contribution in [2.24, 2.45) is 0 Å². The minimum Gasteiger partial charge on any atom is -0.299 e. The Bertz CT molecular complexity index is 1140. The molecule has 34 heavy (non-hydrogen) atoms. The molecule has 184 valence electrons. The summed E-state index contributed by atoms with van der Waals surface area (Å²) >= 11 is 0. The van der Waals surface area contributed by atoms with Crippen LogP contribution in [0.1, 0.15) is 68.9 Å². The molecule has 0 unspecified atom stereocenters. The highest BCUT2D eigenvalue weighted by Gasteiger charge is 2.41. The Labute approximate surface area is 201 Å². The topological polar surface area (TPSA) is 21.1 Å². The Morgan fingerprint density at radius 3 is 2.12 bits per heavy atom. The molecule has 0 spiro atoms. The Morgan fingerprint density at radius 2 is 1.56 bits per heavy atom. The molecule has 6 heteroatoms. The second-order valence-corrected chi connectivity index (χ2v) is 9.83. The second kappa shape index (κ2) is 9.47. The Hall–Kier alpha value is -2.76. The maximum Gasteiger partial charge on any atom is 0.484 e. The molecule has 0 atom stereocenters. The third-order valence-corrected chi connectivity index (χ3v) is 6.24. The molecule has 3 aromatic rings. The number of fused-ring (bicyclic) bond motifs is 1. The zero-order valence-corrected chi connectivity index (χ0v) is 21.6. The van der Waals surface area contributed by atoms with Crippen molar-refractivity contribution in [3.8, 4) is 17.1 Å². The highest BCUT2D eigenvalue weighted by molar-refractivity contribution is 5.77. The number of aryl methyl sites for hydroxylation is 3. The van der Waals surface area contributed by atoms with Crippen molar-refractivity contribution in [3.63, 3.8) is 0 Å². The lowest BCUT2D eigenvalue weighted by Crippen LogP contribution is -2.41. The van der Waals surface area contributed by atoms with Crippen molar-refractivity contribution >= 4 is 5.69 Å². The third kappa shape index (κ3) is 4.73. The fourth-order valence-electron chi connectivity index (χ4n) is 5.04. The van der Waals surface area contributed by atoms with Gasteiger partial charge in [-0.25, -0.2) is 4.98 Å². The van der Waals surface area contributed by atoms with Crippen molar-refractivity contribution in [3.05, 3.63) is 64.5 Å². The van der Waals surface area contributed by atoms with E-state index in [2.05, 4.69) is 53.7 Å². The summed E-state index contributed by atoms with van der Waals surface area (Å²) < 4.78 is 43.5. The summed E-state index contributed by atoms with van der Waals surface area (Å²) in [7, 11) is 0. The van der Waals surface area contributed by atoms with Gasteiger partial charge in [0.15, 0.2) is 0 Å². The monoisotopic (exact) mass is 471 g/mol. The van der Waals surface area contributed by atoms with Crippen LogP contribution in [0.2, 0.25) is 0 Å². The summed E-state index contributed by atoms with van der Waals surface area (Å²) in [5.74, 6) is 0.700. The third-order valence-electron chi connectivity index (χ3n) is 6.24. The van der Waals surface area contributed by atoms with Gasteiger partial charge in [-0.15, -0.1) is 0 Å². The lowest BCUT2D eigenvalue weighted by Gasteiger charge is -2.36. The van der Waals surface area contributed by atoms with Gasteiger partial charge in [-0.05, 0) is 67.3 Å². The first kappa shape index (κ1) is 25.9. The molecule has 3 nitrogen and oxygen atoms in total. The molecule has 0 aliphatic carbocycles. The molecule has 0 N–H and O–H groups in total. The number of benzene rings is 2. The first-order valence-corrected chi connectivity index (χ1v) is 12.0. The van der Waals surface area contributed by atoms with Crippen LogP contribution in [-0.4, -0.2) is 22.4 Å². The smallest absolute Gasteiger partial charge is 0.299 e. The van der Waals surface area contributed by atoms with Gasteiger partial charge in [0, 0.05) is 30.2 Å². The van der Waals surface area contributed by atoms with Crippen LogP contribution in [0.3, 0.4) is 0 Å². The van der Waals surface area contributed by atoms with Crippen LogP contribution in [-0.2, 0) is 11.8 Å². The highest BCUT2D eigenvalue weighted by atomic mass is 19.4. The molecule has 0 saturated heterocycles. The van der Waals surface area contributed by atoms with Crippen LogP contribution < -0.4 is 4.90 Å². The van der Waals surface area contributed by atoms with Crippen LogP contribution in [0, 0.1) is 20.8 Å². The van der Waals surface area contributed by atoms with Crippen LogP contribution in [0.25, 0.3) is 17.1 Å². The number of imidazole rings is 1. The lowest BCUT2D eigenvalue weighted by molar-refractivity contribution is -0.130. The maximum absolute atomic E-state index is 13.8. The first-order valence-electron chi connectivity index (χ1n) is 12.0. The van der Waals surface area contributed by atoms with E-state index >= 15 is 0 Å². The van der Waals surface area contributed by atoms with Crippen molar-refractivity contribution in [2.75, 3.05) is 11.4 Å². The van der Waals surface area contributed by atoms with E-state index in [9.17, 15) is 13.2 Å². The summed E-state index contributed by atoms with van der Waals surface area (Å²) in [6.45, 7) is 16.5. The molecule has 1 aromatic heterocycles. The Balaban J connectivity index is 0.00000158. The molecular weight excluding hydrogens is 435 g/mol. The van der Waals surface area contributed by atoms with Crippen LogP contribution >= 0.6 is 0 Å². The molecule has 0 radical (unpaired) electrons. The fourth-order valence-corrected chi connectivity index (χ4v) is 5.04. The van der Waals surface area contributed by atoms with Gasteiger partial charge in [-0.1, -0.05) is 58.4 Å². The van der Waals surface area contributed by atoms with Crippen molar-refractivity contribution in [2.45, 2.75) is 79.9 Å². The largest absolute Gasteiger partial charge is 0.484 e. The second-order valence-electron chi connectivity index (χ2n) is 9.83. The van der Waals surface area contributed by atoms with Crippen LogP contribution in [0.4, 0.5) is 18.9 Å². The van der Waals surface area contributed by atoms with E-state index in [0.29, 0.717) is 23.6 Å². The number of aromatic nitrogens is 2. The number of halogens is 3. The van der Waals surface area contributed by atoms with Gasteiger partial charge < -0.3 is 0 Å². The summed E-state index contributed by atoms with van der Waals surface area (Å²) in [5.41, 5.74) is 7.00. The fraction of sp³-hybridized carbons (Fsp3) is 0.464. The van der Waals surface area contributed by atoms with E-state index in [1.807, 2.05) is 30.7 Å². The predicted molar refractivity (Wildman–Crippen MR) is 135 cm³/mol. The number of anilines is 1. The van der Waals surface area contributed by atoms with E-state index in [-0.39, 0.29) is 17.6 Å². The lowest BCUT2D eigenvalue weighted by atomic mass is 9.79. The SMILES string of the molecule is CC.Cc1cc(C)c(-n2ccnc2-c2c(C(C)(C)C)ccc3c2CCCN3C(F)(F)F)c(C)c1. The summed E-state index contributed by atoms with van der Waals surface area (Å²) in [6.07, 6.45) is 0.298. The summed E-state index contributed by atoms with van der Waals surface area (Å²) in [6, 6.07) is 7.75. The number of nitrogens with zero attached hydrogens (tertiary/aromatic N) is 3. The number of alkyl halides is 3. The Morgan fingerprint density at radius 1 is 0.941 bits per heavy atom. The molecular formula is C28H36F3N3. The van der Waals surface area contributed by atoms with Gasteiger partial charge in [0.1, 0.15) is 5.82 Å². The standard InChI is InChI=1S/C26H30F3N3.C2H6/c1-16-14-17(2)23(18(3)15-16)31-13-11-30-24(31)22-19-8-7-12-32(26(27,28)29)21(19)10-9-20(22)25(4,5)6;1-2/h9-11,13-15H,7-8,12H2,1-6H3;1-2H3. The molecule has 0 fully saturated rings. The van der Waals surface area contributed by atoms with Gasteiger partial charge in [0.05, 0.1) is 5.69 Å². The average molecular weight is 472 g/mol. The van der Waals surface area contributed by atoms with E-state index < -0.39 is 6.30 Å².